The third kappa shape index (κ3) is 8.25. The molecule has 62 valence electrons. The van der Waals surface area contributed by atoms with Crippen molar-refractivity contribution < 1.29 is 4.74 Å². The van der Waals surface area contributed by atoms with E-state index in [1.165, 1.54) is 6.42 Å². The smallest absolute Gasteiger partial charge is 0.0466 e. The van der Waals surface area contributed by atoms with Crippen LogP contribution in [0, 0.1) is 0 Å². The molecule has 0 radical (unpaired) electrons. The number of hydrogen-bond acceptors (Lipinski definition) is 1. The highest BCUT2D eigenvalue weighted by Gasteiger charge is 1.87. The van der Waals surface area contributed by atoms with E-state index in [4.69, 9.17) is 16.3 Å². The van der Waals surface area contributed by atoms with Crippen LogP contribution in [0.3, 0.4) is 0 Å². The minimum absolute atomic E-state index is 0.785. The van der Waals surface area contributed by atoms with Crippen molar-refractivity contribution in [3.05, 3.63) is 0 Å². The van der Waals surface area contributed by atoms with Crippen molar-refractivity contribution in [3.8, 4) is 0 Å². The Balaban J connectivity index is 2.65. The van der Waals surface area contributed by atoms with E-state index in [0.717, 1.165) is 38.4 Å². The summed E-state index contributed by atoms with van der Waals surface area (Å²) in [5.41, 5.74) is 0. The van der Waals surface area contributed by atoms with Crippen LogP contribution in [0.25, 0.3) is 0 Å². The van der Waals surface area contributed by atoms with Crippen molar-refractivity contribution >= 4 is 11.6 Å². The van der Waals surface area contributed by atoms with Crippen LogP contribution in [0.15, 0.2) is 0 Å². The van der Waals surface area contributed by atoms with Crippen LogP contribution >= 0.6 is 11.6 Å². The minimum Gasteiger partial charge on any atom is -0.381 e. The third-order valence-electron chi connectivity index (χ3n) is 1.27. The number of halogens is 1. The standard InChI is InChI=1S/C8H17ClO/c1-2-7-10-8-5-3-4-6-9/h2-8H2,1H3. The van der Waals surface area contributed by atoms with Crippen LogP contribution in [0.4, 0.5) is 0 Å². The summed E-state index contributed by atoms with van der Waals surface area (Å²) in [5.74, 6) is 0.785. The molecule has 0 saturated heterocycles. The second-order valence-corrected chi connectivity index (χ2v) is 2.74. The van der Waals surface area contributed by atoms with Crippen molar-refractivity contribution in [2.45, 2.75) is 32.6 Å². The summed E-state index contributed by atoms with van der Waals surface area (Å²) < 4.78 is 5.29. The molecule has 0 rings (SSSR count). The highest BCUT2D eigenvalue weighted by molar-refractivity contribution is 6.17. The van der Waals surface area contributed by atoms with E-state index < -0.39 is 0 Å². The van der Waals surface area contributed by atoms with Gasteiger partial charge in [-0.25, -0.2) is 0 Å². The molecule has 0 saturated carbocycles. The SMILES string of the molecule is CCCOCCCCCCl. The van der Waals surface area contributed by atoms with Gasteiger partial charge in [0, 0.05) is 19.1 Å². The fourth-order valence-corrected chi connectivity index (χ4v) is 0.911. The number of hydrogen-bond donors (Lipinski definition) is 0. The van der Waals surface area contributed by atoms with Crippen molar-refractivity contribution in [3.63, 3.8) is 0 Å². The molecule has 0 spiro atoms. The highest BCUT2D eigenvalue weighted by atomic mass is 35.5. The van der Waals surface area contributed by atoms with E-state index >= 15 is 0 Å². The van der Waals surface area contributed by atoms with Crippen LogP contribution < -0.4 is 0 Å². The molecule has 0 heterocycles. The molecule has 0 aliphatic rings. The van der Waals surface area contributed by atoms with Crippen molar-refractivity contribution in [2.75, 3.05) is 19.1 Å². The van der Waals surface area contributed by atoms with E-state index in [0.29, 0.717) is 0 Å². The third-order valence-corrected chi connectivity index (χ3v) is 1.54. The maximum atomic E-state index is 5.50. The first-order chi connectivity index (χ1) is 4.91. The molecule has 0 unspecified atom stereocenters. The van der Waals surface area contributed by atoms with Gasteiger partial charge in [0.25, 0.3) is 0 Å². The predicted octanol–water partition coefficient (Wildman–Crippen LogP) is 2.82. The summed E-state index contributed by atoms with van der Waals surface area (Å²) in [5, 5.41) is 0. The molecule has 2 heteroatoms. The van der Waals surface area contributed by atoms with Gasteiger partial charge in [-0.2, -0.15) is 0 Å². The molecule has 1 nitrogen and oxygen atoms in total. The lowest BCUT2D eigenvalue weighted by molar-refractivity contribution is 0.131. The van der Waals surface area contributed by atoms with Gasteiger partial charge in [0.2, 0.25) is 0 Å². The summed E-state index contributed by atoms with van der Waals surface area (Å²) >= 11 is 5.50. The number of ether oxygens (including phenoxy) is 1. The van der Waals surface area contributed by atoms with Crippen molar-refractivity contribution in [2.24, 2.45) is 0 Å². The lowest BCUT2D eigenvalue weighted by atomic mass is 10.3. The lowest BCUT2D eigenvalue weighted by Gasteiger charge is -2.00. The molecule has 0 aromatic heterocycles. The van der Waals surface area contributed by atoms with Gasteiger partial charge in [0.1, 0.15) is 0 Å². The minimum atomic E-state index is 0.785. The molecule has 0 amide bonds. The Bertz CT molecular complexity index is 49.2. The van der Waals surface area contributed by atoms with Gasteiger partial charge in [-0.1, -0.05) is 6.92 Å². The molecule has 0 aromatic rings. The summed E-state index contributed by atoms with van der Waals surface area (Å²) in [7, 11) is 0. The predicted molar refractivity (Wildman–Crippen MR) is 45.7 cm³/mol. The first-order valence-corrected chi connectivity index (χ1v) is 4.59. The van der Waals surface area contributed by atoms with Gasteiger partial charge in [0.15, 0.2) is 0 Å². The average molecular weight is 165 g/mol. The molecular formula is C8H17ClO. The monoisotopic (exact) mass is 164 g/mol. The molecule has 0 aliphatic heterocycles. The summed E-state index contributed by atoms with van der Waals surface area (Å²) in [4.78, 5) is 0. The van der Waals surface area contributed by atoms with Gasteiger partial charge in [-0.15, -0.1) is 11.6 Å². The highest BCUT2D eigenvalue weighted by Crippen LogP contribution is 1.97. The molecule has 0 bridgehead atoms. The van der Waals surface area contributed by atoms with E-state index in [1.807, 2.05) is 0 Å². The fraction of sp³-hybridized carbons (Fsp3) is 1.00. The Morgan fingerprint density at radius 1 is 1.10 bits per heavy atom. The summed E-state index contributed by atoms with van der Waals surface area (Å²) in [6, 6.07) is 0. The largest absolute Gasteiger partial charge is 0.381 e. The first-order valence-electron chi connectivity index (χ1n) is 4.05. The lowest BCUT2D eigenvalue weighted by Crippen LogP contribution is -1.95. The number of alkyl halides is 1. The van der Waals surface area contributed by atoms with Crippen LogP contribution in [-0.4, -0.2) is 19.1 Å². The van der Waals surface area contributed by atoms with E-state index in [-0.39, 0.29) is 0 Å². The second kappa shape index (κ2) is 9.25. The molecule has 0 fully saturated rings. The zero-order chi connectivity index (χ0) is 7.66. The second-order valence-electron chi connectivity index (χ2n) is 2.36. The van der Waals surface area contributed by atoms with Crippen LogP contribution in [0.1, 0.15) is 32.6 Å². The Morgan fingerprint density at radius 3 is 2.50 bits per heavy atom. The zero-order valence-corrected chi connectivity index (χ0v) is 7.49. The van der Waals surface area contributed by atoms with Crippen LogP contribution in [0.5, 0.6) is 0 Å². The fourth-order valence-electron chi connectivity index (χ4n) is 0.722. The zero-order valence-electron chi connectivity index (χ0n) is 6.74. The number of rotatable bonds is 7. The molecular weight excluding hydrogens is 148 g/mol. The summed E-state index contributed by atoms with van der Waals surface area (Å²) in [6.45, 7) is 3.93. The van der Waals surface area contributed by atoms with E-state index in [9.17, 15) is 0 Å². The summed E-state index contributed by atoms with van der Waals surface area (Å²) in [6.07, 6.45) is 4.60. The average Bonchev–Trinajstić information content (AvgIpc) is 1.97. The Kier molecular flexibility index (Phi) is 9.48. The quantitative estimate of drug-likeness (QED) is 0.416. The van der Waals surface area contributed by atoms with Gasteiger partial charge in [-0.05, 0) is 25.7 Å². The molecule has 0 N–H and O–H groups in total. The topological polar surface area (TPSA) is 9.23 Å². The van der Waals surface area contributed by atoms with Gasteiger partial charge >= 0.3 is 0 Å². The molecule has 10 heavy (non-hydrogen) atoms. The Labute approximate surface area is 68.7 Å². The first kappa shape index (κ1) is 10.2. The van der Waals surface area contributed by atoms with Crippen LogP contribution in [-0.2, 0) is 4.74 Å². The normalized spacial score (nSPS) is 10.2. The maximum absolute atomic E-state index is 5.50. The van der Waals surface area contributed by atoms with Crippen molar-refractivity contribution in [1.29, 1.82) is 0 Å². The van der Waals surface area contributed by atoms with E-state index in [2.05, 4.69) is 6.92 Å². The van der Waals surface area contributed by atoms with Crippen LogP contribution in [0.2, 0.25) is 0 Å². The molecule has 0 aliphatic carbocycles. The Hall–Kier alpha value is 0.250. The van der Waals surface area contributed by atoms with Gasteiger partial charge in [0.05, 0.1) is 0 Å². The number of unbranched alkanes of at least 4 members (excludes halogenated alkanes) is 2. The van der Waals surface area contributed by atoms with E-state index in [1.54, 1.807) is 0 Å². The van der Waals surface area contributed by atoms with Crippen molar-refractivity contribution in [1.82, 2.24) is 0 Å². The Morgan fingerprint density at radius 2 is 1.90 bits per heavy atom. The van der Waals surface area contributed by atoms with Gasteiger partial charge in [-0.3, -0.25) is 0 Å². The molecule has 0 aromatic carbocycles. The van der Waals surface area contributed by atoms with Gasteiger partial charge < -0.3 is 4.74 Å². The molecule has 0 atom stereocenters. The maximum Gasteiger partial charge on any atom is 0.0466 e.